The molecule has 6 nitrogen and oxygen atoms in total. The van der Waals surface area contributed by atoms with Crippen LogP contribution in [0.5, 0.6) is 0 Å². The summed E-state index contributed by atoms with van der Waals surface area (Å²) < 4.78 is 4.90. The molecule has 0 N–H and O–H groups in total. The van der Waals surface area contributed by atoms with E-state index in [2.05, 4.69) is 4.84 Å². The number of imide groups is 1. The average molecular weight is 243 g/mol. The van der Waals surface area contributed by atoms with Gasteiger partial charge in [0.05, 0.1) is 0 Å². The Labute approximate surface area is 99.8 Å². The highest BCUT2D eigenvalue weighted by atomic mass is 16.8. The van der Waals surface area contributed by atoms with Crippen molar-refractivity contribution in [2.45, 2.75) is 52.1 Å². The molecule has 1 aliphatic rings. The van der Waals surface area contributed by atoms with E-state index in [1.807, 2.05) is 6.92 Å². The van der Waals surface area contributed by atoms with E-state index in [0.717, 1.165) is 19.3 Å². The van der Waals surface area contributed by atoms with Gasteiger partial charge < -0.3 is 4.74 Å². The summed E-state index contributed by atoms with van der Waals surface area (Å²) in [5.74, 6) is -1.01. The molecule has 1 saturated heterocycles. The Morgan fingerprint density at radius 3 is 2.47 bits per heavy atom. The van der Waals surface area contributed by atoms with Crippen molar-refractivity contribution in [1.29, 1.82) is 0 Å². The minimum absolute atomic E-state index is 0.0809. The second-order valence-electron chi connectivity index (χ2n) is 3.99. The number of hydroxylamine groups is 2. The van der Waals surface area contributed by atoms with E-state index >= 15 is 0 Å². The quantitative estimate of drug-likeness (QED) is 0.543. The molecule has 0 unspecified atom stereocenters. The van der Waals surface area contributed by atoms with E-state index in [4.69, 9.17) is 4.74 Å². The molecule has 2 amide bonds. The second kappa shape index (κ2) is 6.22. The van der Waals surface area contributed by atoms with E-state index in [1.54, 1.807) is 6.92 Å². The van der Waals surface area contributed by atoms with Crippen molar-refractivity contribution in [2.24, 2.45) is 0 Å². The molecule has 0 saturated carbocycles. The monoisotopic (exact) mass is 243 g/mol. The fourth-order valence-electron chi connectivity index (χ4n) is 1.47. The van der Waals surface area contributed by atoms with Crippen LogP contribution in [0.3, 0.4) is 0 Å². The molecule has 6 heteroatoms. The molecule has 0 aromatic carbocycles. The number of hydrogen-bond acceptors (Lipinski definition) is 5. The summed E-state index contributed by atoms with van der Waals surface area (Å²) in [5.41, 5.74) is 0. The van der Waals surface area contributed by atoms with Crippen molar-refractivity contribution >= 4 is 18.0 Å². The first-order chi connectivity index (χ1) is 8.04. The van der Waals surface area contributed by atoms with Gasteiger partial charge in [0.1, 0.15) is 6.10 Å². The van der Waals surface area contributed by atoms with Gasteiger partial charge in [-0.05, 0) is 13.3 Å². The highest BCUT2D eigenvalue weighted by Crippen LogP contribution is 2.13. The molecule has 0 bridgehead atoms. The van der Waals surface area contributed by atoms with Gasteiger partial charge >= 0.3 is 6.16 Å². The maximum absolute atomic E-state index is 11.3. The Balaban J connectivity index is 2.34. The van der Waals surface area contributed by atoms with Gasteiger partial charge in [0.2, 0.25) is 0 Å². The number of unbranched alkanes of at least 4 members (excludes halogenated alkanes) is 1. The van der Waals surface area contributed by atoms with E-state index < -0.39 is 18.0 Å². The summed E-state index contributed by atoms with van der Waals surface area (Å²) >= 11 is 0. The van der Waals surface area contributed by atoms with Crippen LogP contribution in [0.2, 0.25) is 0 Å². The lowest BCUT2D eigenvalue weighted by molar-refractivity contribution is -0.178. The van der Waals surface area contributed by atoms with Crippen LogP contribution in [0.4, 0.5) is 4.79 Å². The summed E-state index contributed by atoms with van der Waals surface area (Å²) in [5, 5.41) is 0.481. The average Bonchev–Trinajstić information content (AvgIpc) is 2.58. The van der Waals surface area contributed by atoms with Crippen molar-refractivity contribution in [1.82, 2.24) is 5.06 Å². The first kappa shape index (κ1) is 13.5. The number of hydrogen-bond donors (Lipinski definition) is 0. The Kier molecular flexibility index (Phi) is 4.93. The van der Waals surface area contributed by atoms with Gasteiger partial charge in [-0.3, -0.25) is 14.4 Å². The number of rotatable bonds is 5. The molecule has 0 radical (unpaired) electrons. The van der Waals surface area contributed by atoms with Crippen LogP contribution in [-0.2, 0) is 19.2 Å². The summed E-state index contributed by atoms with van der Waals surface area (Å²) in [4.78, 5) is 38.1. The topological polar surface area (TPSA) is 72.9 Å². The van der Waals surface area contributed by atoms with Gasteiger partial charge in [0, 0.05) is 12.8 Å². The Hall–Kier alpha value is -1.59. The fourth-order valence-corrected chi connectivity index (χ4v) is 1.47. The Bertz CT molecular complexity index is 299. The zero-order chi connectivity index (χ0) is 12.8. The van der Waals surface area contributed by atoms with Gasteiger partial charge in [-0.1, -0.05) is 24.8 Å². The predicted molar refractivity (Wildman–Crippen MR) is 57.6 cm³/mol. The van der Waals surface area contributed by atoms with Gasteiger partial charge in [-0.2, -0.15) is 0 Å². The molecule has 0 aliphatic carbocycles. The van der Waals surface area contributed by atoms with Crippen LogP contribution in [-0.4, -0.2) is 29.1 Å². The van der Waals surface area contributed by atoms with Crippen LogP contribution in [0.1, 0.15) is 46.0 Å². The molecule has 96 valence electrons. The van der Waals surface area contributed by atoms with E-state index in [0.29, 0.717) is 5.06 Å². The smallest absolute Gasteiger partial charge is 0.430 e. The molecule has 1 aliphatic heterocycles. The molecule has 0 aromatic rings. The number of ether oxygens (including phenoxy) is 1. The number of nitrogens with zero attached hydrogens (tertiary/aromatic N) is 1. The summed E-state index contributed by atoms with van der Waals surface area (Å²) in [6, 6.07) is 0. The molecule has 1 fully saturated rings. The Morgan fingerprint density at radius 2 is 1.94 bits per heavy atom. The molecule has 1 heterocycles. The molecule has 1 rings (SSSR count). The lowest BCUT2D eigenvalue weighted by Crippen LogP contribution is -2.33. The van der Waals surface area contributed by atoms with Crippen LogP contribution >= 0.6 is 0 Å². The van der Waals surface area contributed by atoms with E-state index in [1.165, 1.54) is 0 Å². The van der Waals surface area contributed by atoms with Crippen LogP contribution in [0.15, 0.2) is 0 Å². The predicted octanol–water partition coefficient (Wildman–Crippen LogP) is 1.78. The first-order valence-electron chi connectivity index (χ1n) is 5.79. The summed E-state index contributed by atoms with van der Waals surface area (Å²) in [6.07, 6.45) is 1.55. The second-order valence-corrected chi connectivity index (χ2v) is 3.99. The zero-order valence-electron chi connectivity index (χ0n) is 10.1. The summed E-state index contributed by atoms with van der Waals surface area (Å²) in [6.45, 7) is 3.77. The molecule has 17 heavy (non-hydrogen) atoms. The molecular weight excluding hydrogens is 226 g/mol. The molecule has 1 atom stereocenters. The third kappa shape index (κ3) is 4.05. The lowest BCUT2D eigenvalue weighted by atomic mass is 10.2. The van der Waals surface area contributed by atoms with E-state index in [-0.39, 0.29) is 18.9 Å². The number of carbonyl (C=O) groups is 3. The standard InChI is InChI=1S/C11H17NO5/c1-3-4-5-8(2)16-11(15)17-12-9(13)6-7-10(12)14/h8H,3-7H2,1-2H3/t8-/m1/s1. The van der Waals surface area contributed by atoms with Crippen molar-refractivity contribution in [3.63, 3.8) is 0 Å². The number of carbonyl (C=O) groups excluding carboxylic acids is 3. The van der Waals surface area contributed by atoms with Gasteiger partial charge in [-0.25, -0.2) is 4.79 Å². The minimum atomic E-state index is -1.00. The van der Waals surface area contributed by atoms with Gasteiger partial charge in [0.15, 0.2) is 0 Å². The minimum Gasteiger partial charge on any atom is -0.430 e. The lowest BCUT2D eigenvalue weighted by Gasteiger charge is -2.15. The zero-order valence-corrected chi connectivity index (χ0v) is 10.1. The maximum Gasteiger partial charge on any atom is 0.534 e. The van der Waals surface area contributed by atoms with Crippen LogP contribution in [0.25, 0.3) is 0 Å². The normalized spacial score (nSPS) is 17.2. The Morgan fingerprint density at radius 1 is 1.35 bits per heavy atom. The third-order valence-electron chi connectivity index (χ3n) is 2.43. The highest BCUT2D eigenvalue weighted by Gasteiger charge is 2.33. The van der Waals surface area contributed by atoms with Crippen LogP contribution < -0.4 is 0 Å². The van der Waals surface area contributed by atoms with Gasteiger partial charge in [-0.15, -0.1) is 0 Å². The molecule has 0 spiro atoms. The van der Waals surface area contributed by atoms with Crippen molar-refractivity contribution in [3.05, 3.63) is 0 Å². The third-order valence-corrected chi connectivity index (χ3v) is 2.43. The van der Waals surface area contributed by atoms with E-state index in [9.17, 15) is 14.4 Å². The molecule has 0 aromatic heterocycles. The fraction of sp³-hybridized carbons (Fsp3) is 0.727. The highest BCUT2D eigenvalue weighted by molar-refractivity contribution is 6.01. The molecular formula is C11H17NO5. The first-order valence-corrected chi connectivity index (χ1v) is 5.79. The largest absolute Gasteiger partial charge is 0.534 e. The SMILES string of the molecule is CCCC[C@@H](C)OC(=O)ON1C(=O)CCC1=O. The van der Waals surface area contributed by atoms with Gasteiger partial charge in [0.25, 0.3) is 11.8 Å². The van der Waals surface area contributed by atoms with Crippen molar-refractivity contribution in [3.8, 4) is 0 Å². The maximum atomic E-state index is 11.3. The summed E-state index contributed by atoms with van der Waals surface area (Å²) in [7, 11) is 0. The van der Waals surface area contributed by atoms with Crippen molar-refractivity contribution < 1.29 is 24.0 Å². The number of amides is 2. The van der Waals surface area contributed by atoms with Crippen LogP contribution in [0, 0.1) is 0 Å². The van der Waals surface area contributed by atoms with Crippen molar-refractivity contribution in [2.75, 3.05) is 0 Å².